The van der Waals surface area contributed by atoms with E-state index in [1.54, 1.807) is 6.92 Å². The molecule has 0 aliphatic rings. The molecule has 0 radical (unpaired) electrons. The van der Waals surface area contributed by atoms with Crippen LogP contribution in [0.25, 0.3) is 0 Å². The summed E-state index contributed by atoms with van der Waals surface area (Å²) in [4.78, 5) is 17.8. The van der Waals surface area contributed by atoms with E-state index in [1.165, 1.54) is 7.11 Å². The number of alkyl halides is 2. The molecule has 1 atom stereocenters. The Labute approximate surface area is 90.1 Å². The zero-order valence-electron chi connectivity index (χ0n) is 8.65. The minimum Gasteiger partial charge on any atom is -0.478 e. The van der Waals surface area contributed by atoms with Crippen molar-refractivity contribution in [3.8, 4) is 0 Å². The average Bonchev–Trinajstić information content (AvgIpc) is 2.26. The molecule has 1 N–H and O–H groups in total. The molecule has 88 valence electrons. The van der Waals surface area contributed by atoms with Gasteiger partial charge in [-0.15, -0.1) is 0 Å². The highest BCUT2D eigenvalue weighted by molar-refractivity contribution is 5.88. The summed E-state index contributed by atoms with van der Waals surface area (Å²) >= 11 is 0. The first-order valence-electron chi connectivity index (χ1n) is 4.38. The predicted octanol–water partition coefficient (Wildman–Crippen LogP) is 1.82. The first-order chi connectivity index (χ1) is 7.47. The number of aromatic nitrogens is 2. The first-order valence-corrected chi connectivity index (χ1v) is 4.38. The van der Waals surface area contributed by atoms with Gasteiger partial charge in [-0.2, -0.15) is 0 Å². The predicted molar refractivity (Wildman–Crippen MR) is 49.4 cm³/mol. The van der Waals surface area contributed by atoms with Gasteiger partial charge >= 0.3 is 5.97 Å². The SMILES string of the molecule is COC(C)c1ncc(C(=O)O)c(C(F)F)n1. The lowest BCUT2D eigenvalue weighted by atomic mass is 10.2. The second kappa shape index (κ2) is 4.93. The van der Waals surface area contributed by atoms with Crippen LogP contribution in [0.5, 0.6) is 0 Å². The zero-order valence-corrected chi connectivity index (χ0v) is 8.65. The summed E-state index contributed by atoms with van der Waals surface area (Å²) in [6.07, 6.45) is -2.67. The molecule has 16 heavy (non-hydrogen) atoms. The molecule has 1 aromatic rings. The zero-order chi connectivity index (χ0) is 12.3. The van der Waals surface area contributed by atoms with Gasteiger partial charge in [-0.3, -0.25) is 0 Å². The molecule has 0 aliphatic carbocycles. The Hall–Kier alpha value is -1.63. The van der Waals surface area contributed by atoms with Crippen LogP contribution in [-0.4, -0.2) is 28.2 Å². The van der Waals surface area contributed by atoms with Crippen LogP contribution in [0.4, 0.5) is 8.78 Å². The Morgan fingerprint density at radius 3 is 2.62 bits per heavy atom. The van der Waals surface area contributed by atoms with Crippen molar-refractivity contribution in [1.29, 1.82) is 0 Å². The van der Waals surface area contributed by atoms with Crippen LogP contribution in [0, 0.1) is 0 Å². The number of hydrogen-bond donors (Lipinski definition) is 1. The van der Waals surface area contributed by atoms with Crippen molar-refractivity contribution in [3.63, 3.8) is 0 Å². The highest BCUT2D eigenvalue weighted by Crippen LogP contribution is 2.22. The standard InChI is InChI=1S/C9H10F2N2O3/c1-4(16-2)8-12-3-5(9(14)15)6(13-8)7(10)11/h3-4,7H,1-2H3,(H,14,15). The fourth-order valence-electron chi connectivity index (χ4n) is 1.04. The number of carbonyl (C=O) groups is 1. The number of carboxylic acid groups (broad SMARTS) is 1. The number of nitrogens with zero attached hydrogens (tertiary/aromatic N) is 2. The maximum absolute atomic E-state index is 12.5. The molecule has 0 aromatic carbocycles. The summed E-state index contributed by atoms with van der Waals surface area (Å²) in [5.74, 6) is -1.45. The van der Waals surface area contributed by atoms with Gasteiger partial charge in [-0.25, -0.2) is 23.5 Å². The van der Waals surface area contributed by atoms with Crippen LogP contribution in [0.1, 0.15) is 41.3 Å². The molecule has 0 fully saturated rings. The molecule has 0 aliphatic heterocycles. The van der Waals surface area contributed by atoms with E-state index in [0.29, 0.717) is 0 Å². The molecule has 0 bridgehead atoms. The maximum atomic E-state index is 12.5. The van der Waals surface area contributed by atoms with Crippen LogP contribution < -0.4 is 0 Å². The van der Waals surface area contributed by atoms with E-state index in [2.05, 4.69) is 9.97 Å². The van der Waals surface area contributed by atoms with Crippen molar-refractivity contribution < 1.29 is 23.4 Å². The first kappa shape index (κ1) is 12.4. The highest BCUT2D eigenvalue weighted by atomic mass is 19.3. The highest BCUT2D eigenvalue weighted by Gasteiger charge is 2.22. The number of rotatable bonds is 4. The van der Waals surface area contributed by atoms with Crippen molar-refractivity contribution in [1.82, 2.24) is 9.97 Å². The van der Waals surface area contributed by atoms with Crippen LogP contribution in [0.2, 0.25) is 0 Å². The largest absolute Gasteiger partial charge is 0.478 e. The average molecular weight is 232 g/mol. The number of hydrogen-bond acceptors (Lipinski definition) is 4. The Bertz CT molecular complexity index is 398. The normalized spacial score (nSPS) is 12.8. The second-order valence-corrected chi connectivity index (χ2v) is 3.01. The molecular weight excluding hydrogens is 222 g/mol. The van der Waals surface area contributed by atoms with Crippen LogP contribution >= 0.6 is 0 Å². The summed E-state index contributed by atoms with van der Waals surface area (Å²) in [5.41, 5.74) is -1.39. The van der Waals surface area contributed by atoms with Crippen molar-refractivity contribution >= 4 is 5.97 Å². The van der Waals surface area contributed by atoms with Gasteiger partial charge in [-0.1, -0.05) is 0 Å². The van der Waals surface area contributed by atoms with Crippen LogP contribution in [0.15, 0.2) is 6.20 Å². The van der Waals surface area contributed by atoms with Gasteiger partial charge in [0.15, 0.2) is 5.82 Å². The fraction of sp³-hybridized carbons (Fsp3) is 0.444. The van der Waals surface area contributed by atoms with Crippen molar-refractivity contribution in [2.75, 3.05) is 7.11 Å². The van der Waals surface area contributed by atoms with Gasteiger partial charge in [-0.05, 0) is 6.92 Å². The van der Waals surface area contributed by atoms with E-state index in [-0.39, 0.29) is 5.82 Å². The smallest absolute Gasteiger partial charge is 0.339 e. The Kier molecular flexibility index (Phi) is 3.83. The topological polar surface area (TPSA) is 72.3 Å². The molecule has 0 spiro atoms. The summed E-state index contributed by atoms with van der Waals surface area (Å²) in [7, 11) is 1.38. The summed E-state index contributed by atoms with van der Waals surface area (Å²) in [6, 6.07) is 0. The number of carboxylic acids is 1. The van der Waals surface area contributed by atoms with Gasteiger partial charge < -0.3 is 9.84 Å². The molecule has 0 saturated carbocycles. The lowest BCUT2D eigenvalue weighted by molar-refractivity contribution is 0.0678. The third-order valence-electron chi connectivity index (χ3n) is 1.99. The second-order valence-electron chi connectivity index (χ2n) is 3.01. The molecular formula is C9H10F2N2O3. The van der Waals surface area contributed by atoms with Gasteiger partial charge in [0.2, 0.25) is 0 Å². The molecule has 7 heteroatoms. The van der Waals surface area contributed by atoms with Crippen molar-refractivity contribution in [2.45, 2.75) is 19.5 Å². The van der Waals surface area contributed by atoms with Gasteiger partial charge in [0.25, 0.3) is 6.43 Å². The molecule has 1 unspecified atom stereocenters. The monoisotopic (exact) mass is 232 g/mol. The van der Waals surface area contributed by atoms with Gasteiger partial charge in [0, 0.05) is 13.3 Å². The maximum Gasteiger partial charge on any atom is 0.339 e. The molecule has 0 amide bonds. The molecule has 5 nitrogen and oxygen atoms in total. The summed E-state index contributed by atoms with van der Waals surface area (Å²) in [5, 5.41) is 8.66. The van der Waals surface area contributed by atoms with Gasteiger partial charge in [0.05, 0.1) is 0 Å². The number of aromatic carboxylic acids is 1. The number of halogens is 2. The fourth-order valence-corrected chi connectivity index (χ4v) is 1.04. The lowest BCUT2D eigenvalue weighted by Crippen LogP contribution is -2.11. The van der Waals surface area contributed by atoms with E-state index in [4.69, 9.17) is 9.84 Å². The van der Waals surface area contributed by atoms with Crippen molar-refractivity contribution in [3.05, 3.63) is 23.3 Å². The minimum atomic E-state index is -2.96. The molecule has 1 rings (SSSR count). The number of methoxy groups -OCH3 is 1. The summed E-state index contributed by atoms with van der Waals surface area (Å²) < 4.78 is 29.9. The number of ether oxygens (including phenoxy) is 1. The van der Waals surface area contributed by atoms with Crippen LogP contribution in [-0.2, 0) is 4.74 Å². The third-order valence-corrected chi connectivity index (χ3v) is 1.99. The Balaban J connectivity index is 3.22. The van der Waals surface area contributed by atoms with E-state index < -0.39 is 29.8 Å². The lowest BCUT2D eigenvalue weighted by Gasteiger charge is -2.10. The molecule has 1 aromatic heterocycles. The van der Waals surface area contributed by atoms with E-state index in [9.17, 15) is 13.6 Å². The van der Waals surface area contributed by atoms with Gasteiger partial charge in [0.1, 0.15) is 17.4 Å². The quantitative estimate of drug-likeness (QED) is 0.857. The Morgan fingerprint density at radius 2 is 2.19 bits per heavy atom. The molecule has 0 saturated heterocycles. The van der Waals surface area contributed by atoms with Crippen LogP contribution in [0.3, 0.4) is 0 Å². The summed E-state index contributed by atoms with van der Waals surface area (Å²) in [6.45, 7) is 1.57. The van der Waals surface area contributed by atoms with E-state index >= 15 is 0 Å². The minimum absolute atomic E-state index is 0.0304. The molecule has 1 heterocycles. The van der Waals surface area contributed by atoms with E-state index in [1.807, 2.05) is 0 Å². The third kappa shape index (κ3) is 2.48. The van der Waals surface area contributed by atoms with E-state index in [0.717, 1.165) is 6.20 Å². The Morgan fingerprint density at radius 1 is 1.56 bits per heavy atom. The van der Waals surface area contributed by atoms with Crippen molar-refractivity contribution in [2.24, 2.45) is 0 Å².